The van der Waals surface area contributed by atoms with E-state index in [1.807, 2.05) is 6.08 Å². The van der Waals surface area contributed by atoms with Crippen molar-refractivity contribution in [2.24, 2.45) is 0 Å². The highest BCUT2D eigenvalue weighted by atomic mass is 16.3. The molecule has 240 valence electrons. The minimum absolute atomic E-state index is 0.0738. The molecule has 0 saturated heterocycles. The molecule has 41 heavy (non-hydrogen) atoms. The van der Waals surface area contributed by atoms with Crippen molar-refractivity contribution in [3.63, 3.8) is 0 Å². The summed E-state index contributed by atoms with van der Waals surface area (Å²) in [5.41, 5.74) is 0. The second-order valence-electron chi connectivity index (χ2n) is 11.9. The van der Waals surface area contributed by atoms with Crippen molar-refractivity contribution in [3.05, 3.63) is 36.5 Å². The van der Waals surface area contributed by atoms with Crippen LogP contribution in [0.3, 0.4) is 0 Å². The molecule has 0 aromatic rings. The molecule has 0 rings (SSSR count). The van der Waals surface area contributed by atoms with Gasteiger partial charge in [0.05, 0.1) is 18.8 Å². The van der Waals surface area contributed by atoms with Crippen molar-refractivity contribution in [3.8, 4) is 0 Å². The maximum absolute atomic E-state index is 12.3. The van der Waals surface area contributed by atoms with Crippen LogP contribution in [0.4, 0.5) is 0 Å². The molecule has 0 heterocycles. The van der Waals surface area contributed by atoms with Crippen LogP contribution >= 0.6 is 0 Å². The quantitative estimate of drug-likeness (QED) is 0.0569. The van der Waals surface area contributed by atoms with E-state index in [2.05, 4.69) is 43.5 Å². The first kappa shape index (κ1) is 39.6. The Kier molecular flexibility index (Phi) is 32.0. The molecule has 0 aliphatic carbocycles. The number of rotatable bonds is 31. The lowest BCUT2D eigenvalue weighted by Crippen LogP contribution is -2.45. The monoisotopic (exact) mass is 576 g/mol. The fourth-order valence-corrected chi connectivity index (χ4v) is 5.09. The number of amides is 1. The summed E-state index contributed by atoms with van der Waals surface area (Å²) in [4.78, 5) is 12.3. The number of hydrogen-bond donors (Lipinski definition) is 3. The number of hydrogen-bond acceptors (Lipinski definition) is 3. The van der Waals surface area contributed by atoms with Crippen molar-refractivity contribution in [1.82, 2.24) is 5.32 Å². The van der Waals surface area contributed by atoms with Gasteiger partial charge in [-0.25, -0.2) is 0 Å². The molecule has 0 bridgehead atoms. The van der Waals surface area contributed by atoms with E-state index in [9.17, 15) is 15.0 Å². The average molecular weight is 576 g/mol. The topological polar surface area (TPSA) is 69.6 Å². The Balaban J connectivity index is 3.58. The normalized spacial score (nSPS) is 13.6. The summed E-state index contributed by atoms with van der Waals surface area (Å²) in [5.74, 6) is -0.0738. The van der Waals surface area contributed by atoms with Crippen molar-refractivity contribution in [2.45, 2.75) is 187 Å². The van der Waals surface area contributed by atoms with Crippen LogP contribution in [0, 0.1) is 0 Å². The van der Waals surface area contributed by atoms with Gasteiger partial charge in [-0.05, 0) is 51.4 Å². The van der Waals surface area contributed by atoms with Crippen molar-refractivity contribution in [2.75, 3.05) is 6.61 Å². The highest BCUT2D eigenvalue weighted by molar-refractivity contribution is 5.76. The Morgan fingerprint density at radius 3 is 1.46 bits per heavy atom. The second-order valence-corrected chi connectivity index (χ2v) is 11.9. The van der Waals surface area contributed by atoms with Crippen LogP contribution in [0.1, 0.15) is 174 Å². The predicted molar refractivity (Wildman–Crippen MR) is 179 cm³/mol. The Morgan fingerprint density at radius 2 is 1.00 bits per heavy atom. The largest absolute Gasteiger partial charge is 0.394 e. The fourth-order valence-electron chi connectivity index (χ4n) is 5.09. The molecule has 4 heteroatoms. The van der Waals surface area contributed by atoms with Gasteiger partial charge < -0.3 is 15.5 Å². The van der Waals surface area contributed by atoms with Crippen LogP contribution in [0.2, 0.25) is 0 Å². The van der Waals surface area contributed by atoms with Crippen molar-refractivity contribution < 1.29 is 15.0 Å². The van der Waals surface area contributed by atoms with Gasteiger partial charge in [-0.3, -0.25) is 4.79 Å². The molecule has 2 unspecified atom stereocenters. The van der Waals surface area contributed by atoms with Crippen LogP contribution in [-0.4, -0.2) is 34.9 Å². The number of carbonyl (C=O) groups is 1. The van der Waals surface area contributed by atoms with E-state index in [1.54, 1.807) is 6.08 Å². The van der Waals surface area contributed by atoms with Gasteiger partial charge >= 0.3 is 0 Å². The molecule has 0 aromatic heterocycles. The molecule has 0 aliphatic rings. The van der Waals surface area contributed by atoms with Crippen LogP contribution in [0.15, 0.2) is 36.5 Å². The number of carbonyl (C=O) groups excluding carboxylic acids is 1. The Labute approximate surface area is 255 Å². The third-order valence-corrected chi connectivity index (χ3v) is 7.87. The molecule has 0 radical (unpaired) electrons. The summed E-state index contributed by atoms with van der Waals surface area (Å²) >= 11 is 0. The summed E-state index contributed by atoms with van der Waals surface area (Å²) in [7, 11) is 0. The molecule has 1 amide bonds. The Bertz CT molecular complexity index is 628. The number of nitrogens with one attached hydrogen (secondary N) is 1. The van der Waals surface area contributed by atoms with E-state index in [4.69, 9.17) is 0 Å². The molecule has 0 spiro atoms. The number of allylic oxidation sites excluding steroid dienone is 5. The molecule has 0 saturated carbocycles. The third kappa shape index (κ3) is 29.9. The highest BCUT2D eigenvalue weighted by Crippen LogP contribution is 2.12. The third-order valence-electron chi connectivity index (χ3n) is 7.87. The van der Waals surface area contributed by atoms with Gasteiger partial charge in [0.1, 0.15) is 0 Å². The van der Waals surface area contributed by atoms with E-state index < -0.39 is 12.1 Å². The predicted octanol–water partition coefficient (Wildman–Crippen LogP) is 10.3. The lowest BCUT2D eigenvalue weighted by atomic mass is 10.0. The standard InChI is InChI=1S/C37H69NO3/c1-3-5-7-9-11-13-14-15-16-17-18-19-20-21-22-23-24-25-27-29-31-33-37(41)38-35(34-39)36(40)32-30-28-26-12-10-8-6-4-2/h14-15,17-18,30,32,35-36,39-40H,3-13,16,19-29,31,33-34H2,1-2H3,(H,38,41)/b15-14-,18-17-,32-30+. The summed E-state index contributed by atoms with van der Waals surface area (Å²) in [6.45, 7) is 4.24. The molecule has 2 atom stereocenters. The van der Waals surface area contributed by atoms with E-state index in [-0.39, 0.29) is 12.5 Å². The Morgan fingerprint density at radius 1 is 0.585 bits per heavy atom. The van der Waals surface area contributed by atoms with Crippen molar-refractivity contribution in [1.29, 1.82) is 0 Å². The van der Waals surface area contributed by atoms with Crippen molar-refractivity contribution >= 4 is 5.91 Å². The number of aliphatic hydroxyl groups excluding tert-OH is 2. The smallest absolute Gasteiger partial charge is 0.220 e. The molecule has 4 nitrogen and oxygen atoms in total. The summed E-state index contributed by atoms with van der Waals surface area (Å²) in [6, 6.07) is -0.620. The van der Waals surface area contributed by atoms with E-state index in [0.29, 0.717) is 6.42 Å². The van der Waals surface area contributed by atoms with E-state index in [0.717, 1.165) is 32.1 Å². The Hall–Kier alpha value is -1.39. The summed E-state index contributed by atoms with van der Waals surface area (Å²) in [6.07, 6.45) is 42.3. The first-order valence-corrected chi connectivity index (χ1v) is 17.7. The zero-order valence-electron chi connectivity index (χ0n) is 27.3. The number of unbranched alkanes of at least 4 members (excludes halogenated alkanes) is 20. The molecular weight excluding hydrogens is 506 g/mol. The first-order valence-electron chi connectivity index (χ1n) is 17.7. The maximum atomic E-state index is 12.3. The zero-order valence-corrected chi connectivity index (χ0v) is 27.3. The van der Waals surface area contributed by atoms with Gasteiger partial charge in [-0.1, -0.05) is 153 Å². The van der Waals surface area contributed by atoms with Crippen LogP contribution in [0.5, 0.6) is 0 Å². The maximum Gasteiger partial charge on any atom is 0.220 e. The minimum atomic E-state index is -0.836. The molecule has 0 fully saturated rings. The molecule has 0 aliphatic heterocycles. The molecular formula is C37H69NO3. The van der Waals surface area contributed by atoms with Gasteiger partial charge in [0.25, 0.3) is 0 Å². The van der Waals surface area contributed by atoms with Gasteiger partial charge in [0.2, 0.25) is 5.91 Å². The SMILES string of the molecule is CCCCCCC/C=C\C/C=C\CCCCCCCCCCCC(=O)NC(CO)C(O)/C=C/CCCCCCCC. The van der Waals surface area contributed by atoms with Crippen LogP contribution in [-0.2, 0) is 4.79 Å². The second kappa shape index (κ2) is 33.1. The lowest BCUT2D eigenvalue weighted by Gasteiger charge is -2.20. The van der Waals surface area contributed by atoms with Gasteiger partial charge in [-0.2, -0.15) is 0 Å². The zero-order chi connectivity index (χ0) is 30.1. The first-order chi connectivity index (χ1) is 20.2. The van der Waals surface area contributed by atoms with Crippen LogP contribution in [0.25, 0.3) is 0 Å². The van der Waals surface area contributed by atoms with Gasteiger partial charge in [0.15, 0.2) is 0 Å². The lowest BCUT2D eigenvalue weighted by molar-refractivity contribution is -0.123. The highest BCUT2D eigenvalue weighted by Gasteiger charge is 2.17. The fraction of sp³-hybridized carbons (Fsp3) is 0.811. The minimum Gasteiger partial charge on any atom is -0.394 e. The molecule has 3 N–H and O–H groups in total. The average Bonchev–Trinajstić information content (AvgIpc) is 2.97. The van der Waals surface area contributed by atoms with Gasteiger partial charge in [-0.15, -0.1) is 0 Å². The van der Waals surface area contributed by atoms with Gasteiger partial charge in [0, 0.05) is 6.42 Å². The molecule has 0 aromatic carbocycles. The summed E-state index contributed by atoms with van der Waals surface area (Å²) < 4.78 is 0. The van der Waals surface area contributed by atoms with E-state index in [1.165, 1.54) is 122 Å². The number of aliphatic hydroxyl groups is 2. The summed E-state index contributed by atoms with van der Waals surface area (Å²) in [5, 5.41) is 22.7. The van der Waals surface area contributed by atoms with E-state index >= 15 is 0 Å². The van der Waals surface area contributed by atoms with Crippen LogP contribution < -0.4 is 5.32 Å².